The number of ether oxygens (including phenoxy) is 2. The number of aliphatic hydroxyl groups is 2. The Morgan fingerprint density at radius 2 is 1.05 bits per heavy atom. The molecule has 0 saturated carbocycles. The molecule has 324 valence electrons. The quantitative estimate of drug-likeness (QED) is 0.0181. The van der Waals surface area contributed by atoms with E-state index in [-0.39, 0.29) is 19.4 Å². The number of phosphoric ester groups is 1. The predicted molar refractivity (Wildman–Crippen MR) is 232 cm³/mol. The van der Waals surface area contributed by atoms with Crippen molar-refractivity contribution in [1.82, 2.24) is 0 Å². The lowest BCUT2D eigenvalue weighted by atomic mass is 10.1. The van der Waals surface area contributed by atoms with Crippen molar-refractivity contribution in [1.29, 1.82) is 0 Å². The highest BCUT2D eigenvalue weighted by molar-refractivity contribution is 7.47. The highest BCUT2D eigenvalue weighted by atomic mass is 31.2. The Morgan fingerprint density at radius 3 is 1.60 bits per heavy atom. The van der Waals surface area contributed by atoms with E-state index in [0.717, 1.165) is 77.0 Å². The Labute approximate surface area is 344 Å². The highest BCUT2D eigenvalue weighted by Crippen LogP contribution is 2.43. The van der Waals surface area contributed by atoms with Crippen LogP contribution in [0, 0.1) is 0 Å². The Kier molecular flexibility index (Phi) is 38.8. The van der Waals surface area contributed by atoms with Crippen molar-refractivity contribution >= 4 is 19.8 Å². The van der Waals surface area contributed by atoms with E-state index in [1.807, 2.05) is 12.2 Å². The molecule has 0 bridgehead atoms. The fraction of sp³-hybridized carbons (Fsp3) is 0.609. The number of rotatable bonds is 38. The summed E-state index contributed by atoms with van der Waals surface area (Å²) >= 11 is 0. The zero-order valence-corrected chi connectivity index (χ0v) is 35.9. The van der Waals surface area contributed by atoms with Gasteiger partial charge in [0.25, 0.3) is 0 Å². The molecule has 0 aromatic rings. The molecule has 0 fully saturated rings. The van der Waals surface area contributed by atoms with Crippen molar-refractivity contribution in [2.45, 2.75) is 154 Å². The van der Waals surface area contributed by atoms with Crippen LogP contribution in [-0.2, 0) is 32.7 Å². The van der Waals surface area contributed by atoms with Crippen LogP contribution in [0.2, 0.25) is 0 Å². The first kappa shape index (κ1) is 53.9. The molecule has 0 radical (unpaired) electrons. The van der Waals surface area contributed by atoms with Gasteiger partial charge in [0.2, 0.25) is 0 Å². The molecule has 3 N–H and O–H groups in total. The SMILES string of the molecule is CC/C=C/C/C=C/C/C=C/C/C=C/C/C=C/C/C=C/CCC(=O)OC[C@H](COP(=O)(O)OC[C@@H](O)CO)OC(=O)CCCCCCC/C=C/C=C/CCCCCC. The third kappa shape index (κ3) is 40.9. The highest BCUT2D eigenvalue weighted by Gasteiger charge is 2.27. The summed E-state index contributed by atoms with van der Waals surface area (Å²) in [4.78, 5) is 34.9. The second-order valence-electron chi connectivity index (χ2n) is 13.7. The normalized spacial score (nSPS) is 14.8. The number of esters is 2. The number of carbonyl (C=O) groups excluding carboxylic acids is 2. The van der Waals surface area contributed by atoms with Crippen LogP contribution in [0.15, 0.2) is 97.2 Å². The van der Waals surface area contributed by atoms with Gasteiger partial charge in [0, 0.05) is 12.8 Å². The lowest BCUT2D eigenvalue weighted by molar-refractivity contribution is -0.161. The van der Waals surface area contributed by atoms with Gasteiger partial charge in [0.15, 0.2) is 6.10 Å². The Morgan fingerprint density at radius 1 is 0.561 bits per heavy atom. The second kappa shape index (κ2) is 41.1. The summed E-state index contributed by atoms with van der Waals surface area (Å²) in [5.41, 5.74) is 0. The van der Waals surface area contributed by atoms with Crippen molar-refractivity contribution < 1.29 is 47.8 Å². The molecule has 0 aliphatic heterocycles. The predicted octanol–water partition coefficient (Wildman–Crippen LogP) is 11.2. The van der Waals surface area contributed by atoms with Crippen molar-refractivity contribution in [3.8, 4) is 0 Å². The molecule has 0 aromatic heterocycles. The van der Waals surface area contributed by atoms with Crippen molar-refractivity contribution in [3.63, 3.8) is 0 Å². The standard InChI is InChI=1S/C46H75O10P/c1-3-5-7-9-11-13-15-17-19-20-21-22-24-25-27-29-31-33-35-37-45(49)53-41-44(42-55-57(51,52)54-40-43(48)39-47)56-46(50)38-36-34-32-30-28-26-23-18-16-14-12-10-8-6-4-2/h5,7,11,13-14,16-19,21-23,25,27,31,33,43-44,47-48H,3-4,6,8-10,12,15,20,24,26,28-30,32,34-42H2,1-2H3,(H,51,52)/b7-5+,13-11+,16-14+,19-17+,22-21+,23-18+,27-25+,33-31+/t43-,44+/m0/s1. The molecule has 57 heavy (non-hydrogen) atoms. The Bertz CT molecular complexity index is 1260. The number of phosphoric acid groups is 1. The van der Waals surface area contributed by atoms with E-state index in [9.17, 15) is 24.2 Å². The smallest absolute Gasteiger partial charge is 0.462 e. The summed E-state index contributed by atoms with van der Waals surface area (Å²) in [6.45, 7) is 2.11. The lowest BCUT2D eigenvalue weighted by Gasteiger charge is -2.20. The van der Waals surface area contributed by atoms with Gasteiger partial charge in [-0.05, 0) is 77.0 Å². The van der Waals surface area contributed by atoms with E-state index in [1.54, 1.807) is 0 Å². The number of carbonyl (C=O) groups is 2. The third-order valence-electron chi connectivity index (χ3n) is 8.26. The molecule has 0 aromatic carbocycles. The van der Waals surface area contributed by atoms with Gasteiger partial charge in [0.1, 0.15) is 12.7 Å². The number of unbranched alkanes of at least 4 members (excludes halogenated alkanes) is 9. The molecule has 0 saturated heterocycles. The van der Waals surface area contributed by atoms with E-state index in [2.05, 4.69) is 103 Å². The van der Waals surface area contributed by atoms with Crippen LogP contribution in [0.4, 0.5) is 0 Å². The van der Waals surface area contributed by atoms with Crippen LogP contribution in [-0.4, -0.2) is 65.7 Å². The topological polar surface area (TPSA) is 149 Å². The molecule has 1 unspecified atom stereocenters. The van der Waals surface area contributed by atoms with E-state index >= 15 is 0 Å². The van der Waals surface area contributed by atoms with Gasteiger partial charge in [0.05, 0.1) is 19.8 Å². The van der Waals surface area contributed by atoms with E-state index in [1.165, 1.54) is 25.7 Å². The first-order valence-corrected chi connectivity index (χ1v) is 22.7. The monoisotopic (exact) mass is 819 g/mol. The van der Waals surface area contributed by atoms with Crippen LogP contribution in [0.1, 0.15) is 142 Å². The molecular weight excluding hydrogens is 743 g/mol. The lowest BCUT2D eigenvalue weighted by Crippen LogP contribution is -2.29. The van der Waals surface area contributed by atoms with Gasteiger partial charge >= 0.3 is 19.8 Å². The summed E-state index contributed by atoms with van der Waals surface area (Å²) < 4.78 is 32.6. The van der Waals surface area contributed by atoms with Crippen LogP contribution >= 0.6 is 7.82 Å². The number of hydrogen-bond donors (Lipinski definition) is 3. The number of aliphatic hydroxyl groups excluding tert-OH is 2. The number of allylic oxidation sites excluding steroid dienone is 16. The minimum Gasteiger partial charge on any atom is -0.462 e. The number of hydrogen-bond acceptors (Lipinski definition) is 9. The first-order valence-electron chi connectivity index (χ1n) is 21.2. The molecule has 10 nitrogen and oxygen atoms in total. The molecule has 0 amide bonds. The second-order valence-corrected chi connectivity index (χ2v) is 15.1. The summed E-state index contributed by atoms with van der Waals surface area (Å²) in [5, 5.41) is 18.3. The van der Waals surface area contributed by atoms with Crippen LogP contribution < -0.4 is 0 Å². The maximum Gasteiger partial charge on any atom is 0.472 e. The molecule has 11 heteroatoms. The summed E-state index contributed by atoms with van der Waals surface area (Å²) in [6, 6.07) is 0. The Balaban J connectivity index is 4.48. The molecule has 0 spiro atoms. The van der Waals surface area contributed by atoms with Gasteiger partial charge in [-0.15, -0.1) is 0 Å². The molecule has 0 aliphatic rings. The third-order valence-corrected chi connectivity index (χ3v) is 9.21. The average Bonchev–Trinajstić information content (AvgIpc) is 3.20. The average molecular weight is 819 g/mol. The van der Waals surface area contributed by atoms with Gasteiger partial charge < -0.3 is 24.6 Å². The maximum atomic E-state index is 12.6. The zero-order valence-electron chi connectivity index (χ0n) is 35.0. The van der Waals surface area contributed by atoms with Crippen molar-refractivity contribution in [2.24, 2.45) is 0 Å². The molecule has 0 aliphatic carbocycles. The van der Waals surface area contributed by atoms with Gasteiger partial charge in [-0.2, -0.15) is 0 Å². The van der Waals surface area contributed by atoms with E-state index in [4.69, 9.17) is 19.1 Å². The van der Waals surface area contributed by atoms with Gasteiger partial charge in [-0.25, -0.2) is 4.57 Å². The molecule has 0 rings (SSSR count). The van der Waals surface area contributed by atoms with Crippen LogP contribution in [0.5, 0.6) is 0 Å². The minimum absolute atomic E-state index is 0.107. The fourth-order valence-corrected chi connectivity index (χ4v) is 5.80. The minimum atomic E-state index is -4.64. The fourth-order valence-electron chi connectivity index (χ4n) is 5.01. The van der Waals surface area contributed by atoms with E-state index < -0.39 is 51.8 Å². The maximum absolute atomic E-state index is 12.6. The summed E-state index contributed by atoms with van der Waals surface area (Å²) in [5.74, 6) is -1.05. The van der Waals surface area contributed by atoms with Gasteiger partial charge in [-0.3, -0.25) is 18.6 Å². The van der Waals surface area contributed by atoms with Crippen molar-refractivity contribution in [2.75, 3.05) is 26.4 Å². The van der Waals surface area contributed by atoms with Crippen LogP contribution in [0.3, 0.4) is 0 Å². The largest absolute Gasteiger partial charge is 0.472 e. The molecular formula is C46H75O10P. The van der Waals surface area contributed by atoms with Crippen molar-refractivity contribution in [3.05, 3.63) is 97.2 Å². The summed E-state index contributed by atoms with van der Waals surface area (Å²) in [7, 11) is -4.64. The Hall–Kier alpha value is -3.11. The van der Waals surface area contributed by atoms with E-state index in [0.29, 0.717) is 12.8 Å². The van der Waals surface area contributed by atoms with Gasteiger partial charge in [-0.1, -0.05) is 150 Å². The molecule has 0 heterocycles. The summed E-state index contributed by atoms with van der Waals surface area (Å²) in [6.07, 6.45) is 49.6. The molecule has 3 atom stereocenters. The first-order chi connectivity index (χ1) is 27.7. The van der Waals surface area contributed by atoms with Crippen LogP contribution in [0.25, 0.3) is 0 Å². The zero-order chi connectivity index (χ0) is 41.9.